The summed E-state index contributed by atoms with van der Waals surface area (Å²) in [6.07, 6.45) is 3.73. The molecule has 0 spiro atoms. The molecule has 3 rings (SSSR count). The van der Waals surface area contributed by atoms with Gasteiger partial charge in [-0.15, -0.1) is 0 Å². The lowest BCUT2D eigenvalue weighted by atomic mass is 10.00. The predicted octanol–water partition coefficient (Wildman–Crippen LogP) is 2.81. The van der Waals surface area contributed by atoms with Gasteiger partial charge in [0.25, 0.3) is 0 Å². The van der Waals surface area contributed by atoms with Crippen LogP contribution in [0.5, 0.6) is 0 Å². The van der Waals surface area contributed by atoms with Crippen LogP contribution in [0, 0.1) is 6.92 Å². The maximum atomic E-state index is 6.47. The van der Waals surface area contributed by atoms with Crippen molar-refractivity contribution in [2.45, 2.75) is 26.4 Å². The quantitative estimate of drug-likeness (QED) is 0.793. The summed E-state index contributed by atoms with van der Waals surface area (Å²) in [4.78, 5) is 4.31. The van der Waals surface area contributed by atoms with Crippen molar-refractivity contribution >= 4 is 10.8 Å². The van der Waals surface area contributed by atoms with E-state index in [4.69, 9.17) is 5.73 Å². The van der Waals surface area contributed by atoms with Crippen molar-refractivity contribution in [3.05, 3.63) is 59.7 Å². The number of hydrogen-bond donors (Lipinski definition) is 1. The third kappa shape index (κ3) is 2.08. The zero-order chi connectivity index (χ0) is 14.1. The smallest absolute Gasteiger partial charge is 0.0744 e. The summed E-state index contributed by atoms with van der Waals surface area (Å²) in [6, 6.07) is 10.0. The second-order valence-electron chi connectivity index (χ2n) is 4.95. The van der Waals surface area contributed by atoms with Crippen LogP contribution in [-0.2, 0) is 6.54 Å². The van der Waals surface area contributed by atoms with Crippen LogP contribution in [0.15, 0.2) is 42.7 Å². The van der Waals surface area contributed by atoms with E-state index in [1.165, 1.54) is 0 Å². The monoisotopic (exact) mass is 266 g/mol. The van der Waals surface area contributed by atoms with Gasteiger partial charge in [0.15, 0.2) is 0 Å². The highest BCUT2D eigenvalue weighted by atomic mass is 15.3. The van der Waals surface area contributed by atoms with Gasteiger partial charge in [-0.1, -0.05) is 24.3 Å². The van der Waals surface area contributed by atoms with Crippen molar-refractivity contribution in [1.29, 1.82) is 0 Å². The summed E-state index contributed by atoms with van der Waals surface area (Å²) >= 11 is 0. The molecule has 1 aromatic carbocycles. The van der Waals surface area contributed by atoms with E-state index < -0.39 is 0 Å². The molecule has 0 saturated carbocycles. The van der Waals surface area contributed by atoms with Gasteiger partial charge < -0.3 is 5.73 Å². The van der Waals surface area contributed by atoms with E-state index in [1.54, 1.807) is 0 Å². The van der Waals surface area contributed by atoms with E-state index in [0.29, 0.717) is 0 Å². The highest BCUT2D eigenvalue weighted by molar-refractivity contribution is 5.85. The van der Waals surface area contributed by atoms with Gasteiger partial charge in [0.1, 0.15) is 0 Å². The van der Waals surface area contributed by atoms with Crippen LogP contribution in [0.2, 0.25) is 0 Å². The molecule has 0 aliphatic carbocycles. The van der Waals surface area contributed by atoms with Crippen LogP contribution in [-0.4, -0.2) is 14.8 Å². The largest absolute Gasteiger partial charge is 0.319 e. The van der Waals surface area contributed by atoms with Crippen LogP contribution in [0.1, 0.15) is 29.9 Å². The van der Waals surface area contributed by atoms with Crippen molar-refractivity contribution in [3.63, 3.8) is 0 Å². The molecule has 3 aromatic rings. The number of benzene rings is 1. The Labute approximate surface area is 118 Å². The first-order valence-corrected chi connectivity index (χ1v) is 6.83. The normalized spacial score (nSPS) is 12.8. The highest BCUT2D eigenvalue weighted by Gasteiger charge is 2.17. The van der Waals surface area contributed by atoms with Gasteiger partial charge in [0.2, 0.25) is 0 Å². The van der Waals surface area contributed by atoms with Crippen LogP contribution in [0.4, 0.5) is 0 Å². The highest BCUT2D eigenvalue weighted by Crippen LogP contribution is 2.26. The lowest BCUT2D eigenvalue weighted by Crippen LogP contribution is -2.17. The minimum Gasteiger partial charge on any atom is -0.319 e. The van der Waals surface area contributed by atoms with E-state index in [0.717, 1.165) is 34.3 Å². The van der Waals surface area contributed by atoms with E-state index in [-0.39, 0.29) is 6.04 Å². The molecule has 2 N–H and O–H groups in total. The molecule has 4 nitrogen and oxygen atoms in total. The Morgan fingerprint density at radius 1 is 1.25 bits per heavy atom. The first-order chi connectivity index (χ1) is 9.70. The number of fused-ring (bicyclic) bond motifs is 1. The molecule has 102 valence electrons. The summed E-state index contributed by atoms with van der Waals surface area (Å²) in [5, 5.41) is 6.73. The third-order valence-electron chi connectivity index (χ3n) is 3.59. The van der Waals surface area contributed by atoms with Crippen molar-refractivity contribution in [3.8, 4) is 0 Å². The standard InChI is InChI=1S/C16H18N4/c1-3-20-15(8-11(2)19-20)16(17)14-10-18-9-12-6-4-5-7-13(12)14/h4-10,16H,3,17H2,1-2H3. The van der Waals surface area contributed by atoms with Crippen LogP contribution < -0.4 is 5.73 Å². The Balaban J connectivity index is 2.15. The molecule has 0 saturated heterocycles. The SMILES string of the molecule is CCn1nc(C)cc1C(N)c1cncc2ccccc12. The number of nitrogens with two attached hydrogens (primary N) is 1. The summed E-state index contributed by atoms with van der Waals surface area (Å²) in [5.41, 5.74) is 9.53. The van der Waals surface area contributed by atoms with Gasteiger partial charge in [-0.05, 0) is 25.3 Å². The fraction of sp³-hybridized carbons (Fsp3) is 0.250. The van der Waals surface area contributed by atoms with E-state index >= 15 is 0 Å². The summed E-state index contributed by atoms with van der Waals surface area (Å²) < 4.78 is 1.96. The number of pyridine rings is 1. The number of aromatic nitrogens is 3. The molecule has 0 amide bonds. The van der Waals surface area contributed by atoms with Crippen LogP contribution in [0.25, 0.3) is 10.8 Å². The van der Waals surface area contributed by atoms with Gasteiger partial charge in [0, 0.05) is 29.9 Å². The molecule has 0 aliphatic rings. The van der Waals surface area contributed by atoms with Crippen LogP contribution >= 0.6 is 0 Å². The maximum Gasteiger partial charge on any atom is 0.0744 e. The zero-order valence-corrected chi connectivity index (χ0v) is 11.7. The van der Waals surface area contributed by atoms with Gasteiger partial charge in [-0.25, -0.2) is 0 Å². The number of nitrogens with zero attached hydrogens (tertiary/aromatic N) is 3. The van der Waals surface area contributed by atoms with E-state index in [1.807, 2.05) is 36.1 Å². The second-order valence-corrected chi connectivity index (χ2v) is 4.95. The molecule has 0 fully saturated rings. The number of aryl methyl sites for hydroxylation is 2. The van der Waals surface area contributed by atoms with Crippen molar-refractivity contribution in [1.82, 2.24) is 14.8 Å². The minimum absolute atomic E-state index is 0.213. The third-order valence-corrected chi connectivity index (χ3v) is 3.59. The molecule has 0 bridgehead atoms. The lowest BCUT2D eigenvalue weighted by Gasteiger charge is -2.15. The molecule has 0 aliphatic heterocycles. The van der Waals surface area contributed by atoms with Crippen LogP contribution in [0.3, 0.4) is 0 Å². The molecule has 2 heterocycles. The number of rotatable bonds is 3. The second kappa shape index (κ2) is 5.06. The molecular weight excluding hydrogens is 248 g/mol. The first-order valence-electron chi connectivity index (χ1n) is 6.83. The zero-order valence-electron chi connectivity index (χ0n) is 11.7. The molecular formula is C16H18N4. The summed E-state index contributed by atoms with van der Waals surface area (Å²) in [5.74, 6) is 0. The lowest BCUT2D eigenvalue weighted by molar-refractivity contribution is 0.598. The maximum absolute atomic E-state index is 6.47. The van der Waals surface area contributed by atoms with Crippen molar-refractivity contribution < 1.29 is 0 Å². The molecule has 0 radical (unpaired) electrons. The summed E-state index contributed by atoms with van der Waals surface area (Å²) in [7, 11) is 0. The van der Waals surface area contributed by atoms with E-state index in [9.17, 15) is 0 Å². The van der Waals surface area contributed by atoms with E-state index in [2.05, 4.69) is 35.2 Å². The molecule has 20 heavy (non-hydrogen) atoms. The Morgan fingerprint density at radius 3 is 2.85 bits per heavy atom. The average molecular weight is 266 g/mol. The Bertz CT molecular complexity index is 740. The topological polar surface area (TPSA) is 56.7 Å². The van der Waals surface area contributed by atoms with Gasteiger partial charge in [-0.3, -0.25) is 9.67 Å². The molecule has 4 heteroatoms. The first kappa shape index (κ1) is 12.8. The van der Waals surface area contributed by atoms with Gasteiger partial charge >= 0.3 is 0 Å². The summed E-state index contributed by atoms with van der Waals surface area (Å²) in [6.45, 7) is 4.88. The molecule has 1 unspecified atom stereocenters. The van der Waals surface area contributed by atoms with Crippen molar-refractivity contribution in [2.24, 2.45) is 5.73 Å². The predicted molar refractivity (Wildman–Crippen MR) is 80.4 cm³/mol. The van der Waals surface area contributed by atoms with Gasteiger partial charge in [0.05, 0.1) is 17.4 Å². The minimum atomic E-state index is -0.213. The number of hydrogen-bond acceptors (Lipinski definition) is 3. The Morgan fingerprint density at radius 2 is 2.05 bits per heavy atom. The Kier molecular flexibility index (Phi) is 3.24. The average Bonchev–Trinajstić information content (AvgIpc) is 2.87. The fourth-order valence-corrected chi connectivity index (χ4v) is 2.62. The molecule has 2 aromatic heterocycles. The van der Waals surface area contributed by atoms with Gasteiger partial charge in [-0.2, -0.15) is 5.10 Å². The fourth-order valence-electron chi connectivity index (χ4n) is 2.62. The van der Waals surface area contributed by atoms with Crippen molar-refractivity contribution in [2.75, 3.05) is 0 Å². The Hall–Kier alpha value is -2.20. The molecule has 1 atom stereocenters.